The summed E-state index contributed by atoms with van der Waals surface area (Å²) in [6.07, 6.45) is 1.69. The minimum Gasteiger partial charge on any atom is -0.462 e. The number of benzene rings is 1. The van der Waals surface area contributed by atoms with Crippen LogP contribution in [0.5, 0.6) is 0 Å². The summed E-state index contributed by atoms with van der Waals surface area (Å²) in [5.41, 5.74) is 2.82. The number of nitrogens with zero attached hydrogens (tertiary/aromatic N) is 5. The Morgan fingerprint density at radius 3 is 2.81 bits per heavy atom. The third-order valence-corrected chi connectivity index (χ3v) is 4.70. The van der Waals surface area contributed by atoms with Gasteiger partial charge < -0.3 is 4.74 Å². The highest BCUT2D eigenvalue weighted by molar-refractivity contribution is 7.98. The number of thioether (sulfide) groups is 1. The summed E-state index contributed by atoms with van der Waals surface area (Å²) in [7, 11) is 0. The van der Waals surface area contributed by atoms with Crippen molar-refractivity contribution < 1.29 is 9.53 Å². The van der Waals surface area contributed by atoms with Crippen molar-refractivity contribution in [2.45, 2.75) is 24.6 Å². The van der Waals surface area contributed by atoms with Gasteiger partial charge in [0.25, 0.3) is 0 Å². The molecule has 0 bridgehead atoms. The summed E-state index contributed by atoms with van der Waals surface area (Å²) in [6, 6.07) is 13.2. The van der Waals surface area contributed by atoms with Crippen LogP contribution in [0, 0.1) is 18.3 Å². The fourth-order valence-electron chi connectivity index (χ4n) is 2.38. The maximum Gasteiger partial charge on any atom is 0.340 e. The highest BCUT2D eigenvalue weighted by Crippen LogP contribution is 2.26. The average molecular weight is 379 g/mol. The molecule has 2 aromatic heterocycles. The van der Waals surface area contributed by atoms with Crippen LogP contribution in [0.2, 0.25) is 0 Å². The normalized spacial score (nSPS) is 10.4. The maximum atomic E-state index is 12.0. The Labute approximate surface area is 161 Å². The van der Waals surface area contributed by atoms with E-state index in [2.05, 4.69) is 21.3 Å². The van der Waals surface area contributed by atoms with E-state index in [9.17, 15) is 10.1 Å². The van der Waals surface area contributed by atoms with E-state index in [0.29, 0.717) is 27.6 Å². The molecule has 0 aliphatic heterocycles. The zero-order valence-corrected chi connectivity index (χ0v) is 15.7. The molecule has 136 valence electrons. The largest absolute Gasteiger partial charge is 0.462 e. The molecule has 0 radical (unpaired) electrons. The topological polar surface area (TPSA) is 93.7 Å². The molecule has 0 saturated carbocycles. The van der Waals surface area contributed by atoms with Crippen LogP contribution < -0.4 is 0 Å². The van der Waals surface area contributed by atoms with E-state index >= 15 is 0 Å². The summed E-state index contributed by atoms with van der Waals surface area (Å²) in [4.78, 5) is 17.9. The van der Waals surface area contributed by atoms with E-state index in [1.807, 2.05) is 30.3 Å². The third kappa shape index (κ3) is 4.33. The molecular formula is C19H17N5O2S. The number of aromatic nitrogens is 4. The molecule has 0 atom stereocenters. The number of carbonyl (C=O) groups excluding carboxylic acids is 1. The Kier molecular flexibility index (Phi) is 5.84. The second-order valence-electron chi connectivity index (χ2n) is 5.56. The van der Waals surface area contributed by atoms with E-state index < -0.39 is 5.97 Å². The smallest absolute Gasteiger partial charge is 0.340 e. The monoisotopic (exact) mass is 379 g/mol. The van der Waals surface area contributed by atoms with E-state index in [4.69, 9.17) is 4.74 Å². The molecule has 0 N–H and O–H groups in total. The second kappa shape index (κ2) is 8.47. The lowest BCUT2D eigenvalue weighted by Crippen LogP contribution is -2.09. The SMILES string of the molecule is CCOC(=O)c1cc(C#N)c(SCc2cnn(-c3ccccc3)n2)nc1C. The predicted molar refractivity (Wildman–Crippen MR) is 101 cm³/mol. The number of carbonyl (C=O) groups is 1. The van der Waals surface area contributed by atoms with Crippen molar-refractivity contribution in [2.24, 2.45) is 0 Å². The van der Waals surface area contributed by atoms with E-state index in [1.165, 1.54) is 17.8 Å². The predicted octanol–water partition coefficient (Wildman–Crippen LogP) is 3.31. The Balaban J connectivity index is 1.76. The summed E-state index contributed by atoms with van der Waals surface area (Å²) in [6.45, 7) is 3.73. The molecule has 27 heavy (non-hydrogen) atoms. The number of para-hydroxylation sites is 1. The number of nitriles is 1. The molecule has 0 spiro atoms. The number of pyridine rings is 1. The van der Waals surface area contributed by atoms with Crippen LogP contribution in [0.15, 0.2) is 47.6 Å². The first-order chi connectivity index (χ1) is 13.1. The molecule has 0 aliphatic carbocycles. The highest BCUT2D eigenvalue weighted by Gasteiger charge is 2.16. The van der Waals surface area contributed by atoms with E-state index in [1.54, 1.807) is 24.8 Å². The highest BCUT2D eigenvalue weighted by atomic mass is 32.2. The van der Waals surface area contributed by atoms with Gasteiger partial charge in [-0.15, -0.1) is 0 Å². The lowest BCUT2D eigenvalue weighted by atomic mass is 10.1. The van der Waals surface area contributed by atoms with Gasteiger partial charge in [-0.1, -0.05) is 30.0 Å². The Morgan fingerprint density at radius 1 is 1.33 bits per heavy atom. The number of ether oxygens (including phenoxy) is 1. The molecule has 2 heterocycles. The molecule has 1 aromatic carbocycles. The van der Waals surface area contributed by atoms with Gasteiger partial charge in [0.05, 0.1) is 41.0 Å². The van der Waals surface area contributed by atoms with Crippen LogP contribution in [0.25, 0.3) is 5.69 Å². The standard InChI is InChI=1S/C19H17N5O2S/c1-3-26-19(25)17-9-14(10-20)18(22-13(17)2)27-12-15-11-21-24(23-15)16-7-5-4-6-8-16/h4-9,11H,3,12H2,1-2H3. The van der Waals surface area contributed by atoms with Gasteiger partial charge in [-0.05, 0) is 32.0 Å². The lowest BCUT2D eigenvalue weighted by Gasteiger charge is -2.08. The Bertz CT molecular complexity index is 995. The van der Waals surface area contributed by atoms with Gasteiger partial charge in [0.2, 0.25) is 0 Å². The van der Waals surface area contributed by atoms with Crippen LogP contribution >= 0.6 is 11.8 Å². The number of hydrogen-bond donors (Lipinski definition) is 0. The molecule has 0 saturated heterocycles. The molecule has 0 amide bonds. The summed E-state index contributed by atoms with van der Waals surface area (Å²) < 4.78 is 5.01. The van der Waals surface area contributed by atoms with Gasteiger partial charge in [-0.3, -0.25) is 0 Å². The number of hydrogen-bond acceptors (Lipinski definition) is 7. The molecule has 8 heteroatoms. The van der Waals surface area contributed by atoms with Crippen molar-refractivity contribution in [1.82, 2.24) is 20.0 Å². The fraction of sp³-hybridized carbons (Fsp3) is 0.211. The molecule has 3 aromatic rings. The van der Waals surface area contributed by atoms with Crippen molar-refractivity contribution in [3.8, 4) is 11.8 Å². The zero-order chi connectivity index (χ0) is 19.2. The van der Waals surface area contributed by atoms with Gasteiger partial charge in [0.1, 0.15) is 11.1 Å². The first-order valence-electron chi connectivity index (χ1n) is 8.30. The number of esters is 1. The fourth-order valence-corrected chi connectivity index (χ4v) is 3.26. The third-order valence-electron chi connectivity index (χ3n) is 3.68. The average Bonchev–Trinajstić information content (AvgIpc) is 3.16. The first kappa shape index (κ1) is 18.6. The summed E-state index contributed by atoms with van der Waals surface area (Å²) in [5, 5.41) is 18.7. The van der Waals surface area contributed by atoms with Crippen LogP contribution in [0.4, 0.5) is 0 Å². The van der Waals surface area contributed by atoms with Crippen molar-refractivity contribution in [3.05, 3.63) is 65.1 Å². The zero-order valence-electron chi connectivity index (χ0n) is 14.9. The molecule has 3 rings (SSSR count). The lowest BCUT2D eigenvalue weighted by molar-refractivity contribution is 0.0524. The van der Waals surface area contributed by atoms with Crippen LogP contribution in [-0.4, -0.2) is 32.6 Å². The molecule has 7 nitrogen and oxygen atoms in total. The van der Waals surface area contributed by atoms with E-state index in [0.717, 1.165) is 11.4 Å². The Hall–Kier alpha value is -3.18. The van der Waals surface area contributed by atoms with Crippen LogP contribution in [0.1, 0.15) is 34.2 Å². The molecular weight excluding hydrogens is 362 g/mol. The van der Waals surface area contributed by atoms with Crippen LogP contribution in [-0.2, 0) is 10.5 Å². The van der Waals surface area contributed by atoms with Gasteiger partial charge in [-0.25, -0.2) is 9.78 Å². The quantitative estimate of drug-likeness (QED) is 0.479. The van der Waals surface area contributed by atoms with Crippen molar-refractivity contribution in [3.63, 3.8) is 0 Å². The van der Waals surface area contributed by atoms with Crippen molar-refractivity contribution in [1.29, 1.82) is 5.26 Å². The minimum atomic E-state index is -0.471. The number of rotatable bonds is 6. The second-order valence-corrected chi connectivity index (χ2v) is 6.52. The molecule has 0 unspecified atom stereocenters. The minimum absolute atomic E-state index is 0.272. The van der Waals surface area contributed by atoms with Crippen molar-refractivity contribution in [2.75, 3.05) is 6.61 Å². The van der Waals surface area contributed by atoms with E-state index in [-0.39, 0.29) is 6.61 Å². The van der Waals surface area contributed by atoms with Gasteiger partial charge >= 0.3 is 5.97 Å². The van der Waals surface area contributed by atoms with Crippen LogP contribution in [0.3, 0.4) is 0 Å². The summed E-state index contributed by atoms with van der Waals surface area (Å²) in [5.74, 6) is 0.0357. The number of aryl methyl sites for hydroxylation is 1. The molecule has 0 aliphatic rings. The summed E-state index contributed by atoms with van der Waals surface area (Å²) >= 11 is 1.38. The Morgan fingerprint density at radius 2 is 2.11 bits per heavy atom. The van der Waals surface area contributed by atoms with Gasteiger partial charge in [0.15, 0.2) is 0 Å². The van der Waals surface area contributed by atoms with Crippen molar-refractivity contribution >= 4 is 17.7 Å². The first-order valence-corrected chi connectivity index (χ1v) is 9.29. The van der Waals surface area contributed by atoms with Gasteiger partial charge in [-0.2, -0.15) is 20.3 Å². The van der Waals surface area contributed by atoms with Gasteiger partial charge in [0, 0.05) is 5.75 Å². The molecule has 0 fully saturated rings. The maximum absolute atomic E-state index is 12.0.